The van der Waals surface area contributed by atoms with E-state index in [2.05, 4.69) is 16.1 Å². The molecule has 0 radical (unpaired) electrons. The van der Waals surface area contributed by atoms with Crippen LogP contribution in [0.25, 0.3) is 0 Å². The van der Waals surface area contributed by atoms with Crippen LogP contribution in [0.4, 0.5) is 0 Å². The summed E-state index contributed by atoms with van der Waals surface area (Å²) in [4.78, 5) is 15.8. The maximum absolute atomic E-state index is 11.8. The van der Waals surface area contributed by atoms with Crippen molar-refractivity contribution in [3.05, 3.63) is 18.0 Å². The van der Waals surface area contributed by atoms with Gasteiger partial charge in [0.2, 0.25) is 5.91 Å². The second-order valence-corrected chi connectivity index (χ2v) is 6.98. The minimum absolute atomic E-state index is 0.00378. The molecule has 1 atom stereocenters. The van der Waals surface area contributed by atoms with Gasteiger partial charge in [0.05, 0.1) is 18.3 Å². The van der Waals surface area contributed by atoms with Crippen LogP contribution >= 0.6 is 0 Å². The number of likely N-dealkylation sites (N-methyl/N-ethyl adjacent to an activating group) is 1. The van der Waals surface area contributed by atoms with Gasteiger partial charge in [-0.15, -0.1) is 0 Å². The first-order chi connectivity index (χ1) is 11.6. The number of ether oxygens (including phenoxy) is 2. The van der Waals surface area contributed by atoms with Gasteiger partial charge < -0.3 is 14.4 Å². The molecular weight excluding hydrogens is 308 g/mol. The Kier molecular flexibility index (Phi) is 5.86. The van der Waals surface area contributed by atoms with Gasteiger partial charge in [-0.05, 0) is 24.8 Å². The van der Waals surface area contributed by atoms with Crippen LogP contribution in [0.1, 0.15) is 18.5 Å². The number of carbonyl (C=O) groups is 1. The topological polar surface area (TPSA) is 59.8 Å². The number of amides is 1. The summed E-state index contributed by atoms with van der Waals surface area (Å²) >= 11 is 0. The van der Waals surface area contributed by atoms with E-state index in [1.807, 2.05) is 10.9 Å². The standard InChI is InChI=1S/C17H28N4O3/c1-19(2)17(22)13-24-16-11-20(9-14-4-7-23-8-5-14)10-15-3-6-18-21(15)12-16/h3,6,14,16H,4-5,7-13H2,1-2H3. The van der Waals surface area contributed by atoms with E-state index >= 15 is 0 Å². The minimum Gasteiger partial charge on any atom is -0.381 e. The molecule has 7 nitrogen and oxygen atoms in total. The van der Waals surface area contributed by atoms with E-state index in [4.69, 9.17) is 9.47 Å². The summed E-state index contributed by atoms with van der Waals surface area (Å²) in [7, 11) is 3.50. The highest BCUT2D eigenvalue weighted by Gasteiger charge is 2.26. The van der Waals surface area contributed by atoms with E-state index in [1.54, 1.807) is 19.0 Å². The normalized spacial score (nSPS) is 22.8. The van der Waals surface area contributed by atoms with Crippen LogP contribution in [-0.2, 0) is 27.4 Å². The molecule has 0 aromatic carbocycles. The largest absolute Gasteiger partial charge is 0.381 e. The molecule has 2 aliphatic heterocycles. The number of nitrogens with zero attached hydrogens (tertiary/aromatic N) is 4. The van der Waals surface area contributed by atoms with Crippen molar-refractivity contribution < 1.29 is 14.3 Å². The highest BCUT2D eigenvalue weighted by molar-refractivity contribution is 5.76. The van der Waals surface area contributed by atoms with Gasteiger partial charge in [-0.1, -0.05) is 0 Å². The maximum Gasteiger partial charge on any atom is 0.248 e. The Morgan fingerprint density at radius 3 is 2.92 bits per heavy atom. The number of hydrogen-bond donors (Lipinski definition) is 0. The monoisotopic (exact) mass is 336 g/mol. The van der Waals surface area contributed by atoms with E-state index < -0.39 is 0 Å². The Labute approximate surface area is 143 Å². The highest BCUT2D eigenvalue weighted by atomic mass is 16.5. The first-order valence-electron chi connectivity index (χ1n) is 8.74. The molecule has 0 aliphatic carbocycles. The summed E-state index contributed by atoms with van der Waals surface area (Å²) in [6.07, 6.45) is 4.07. The number of rotatable bonds is 5. The molecule has 7 heteroatoms. The Morgan fingerprint density at radius 2 is 2.17 bits per heavy atom. The number of hydrogen-bond acceptors (Lipinski definition) is 5. The zero-order valence-corrected chi connectivity index (χ0v) is 14.7. The second-order valence-electron chi connectivity index (χ2n) is 6.98. The predicted molar refractivity (Wildman–Crippen MR) is 89.5 cm³/mol. The zero-order chi connectivity index (χ0) is 16.9. The molecule has 0 spiro atoms. The van der Waals surface area contributed by atoms with E-state index in [0.29, 0.717) is 12.5 Å². The third-order valence-electron chi connectivity index (χ3n) is 4.83. The van der Waals surface area contributed by atoms with E-state index in [0.717, 1.165) is 45.7 Å². The molecule has 1 fully saturated rings. The smallest absolute Gasteiger partial charge is 0.248 e. The van der Waals surface area contributed by atoms with Crippen LogP contribution in [0.5, 0.6) is 0 Å². The summed E-state index contributed by atoms with van der Waals surface area (Å²) in [5.74, 6) is 0.674. The van der Waals surface area contributed by atoms with E-state index in [1.165, 1.54) is 5.69 Å². The molecule has 134 valence electrons. The average molecular weight is 336 g/mol. The van der Waals surface area contributed by atoms with E-state index in [9.17, 15) is 4.79 Å². The molecule has 1 unspecified atom stereocenters. The molecule has 1 aromatic heterocycles. The lowest BCUT2D eigenvalue weighted by Gasteiger charge is -2.30. The molecule has 1 aromatic rings. The van der Waals surface area contributed by atoms with Gasteiger partial charge >= 0.3 is 0 Å². The molecule has 1 amide bonds. The first kappa shape index (κ1) is 17.4. The van der Waals surface area contributed by atoms with Gasteiger partial charge in [0, 0.05) is 53.1 Å². The quantitative estimate of drug-likeness (QED) is 0.788. The van der Waals surface area contributed by atoms with Crippen LogP contribution < -0.4 is 0 Å². The lowest BCUT2D eigenvalue weighted by Crippen LogP contribution is -2.39. The first-order valence-corrected chi connectivity index (χ1v) is 8.74. The van der Waals surface area contributed by atoms with Crippen molar-refractivity contribution in [1.82, 2.24) is 19.6 Å². The summed E-state index contributed by atoms with van der Waals surface area (Å²) in [6.45, 7) is 5.34. The van der Waals surface area contributed by atoms with Crippen molar-refractivity contribution in [3.63, 3.8) is 0 Å². The molecule has 2 aliphatic rings. The van der Waals surface area contributed by atoms with Gasteiger partial charge in [-0.2, -0.15) is 5.10 Å². The average Bonchev–Trinajstić information content (AvgIpc) is 2.93. The molecule has 3 heterocycles. The zero-order valence-electron chi connectivity index (χ0n) is 14.7. The van der Waals surface area contributed by atoms with Gasteiger partial charge in [-0.25, -0.2) is 0 Å². The molecule has 0 saturated carbocycles. The van der Waals surface area contributed by atoms with Crippen LogP contribution in [0.2, 0.25) is 0 Å². The van der Waals surface area contributed by atoms with Crippen molar-refractivity contribution >= 4 is 5.91 Å². The molecule has 0 N–H and O–H groups in total. The number of fused-ring (bicyclic) bond motifs is 1. The van der Waals surface area contributed by atoms with Crippen molar-refractivity contribution in [1.29, 1.82) is 0 Å². The highest BCUT2D eigenvalue weighted by Crippen LogP contribution is 2.20. The van der Waals surface area contributed by atoms with Crippen molar-refractivity contribution in [2.45, 2.75) is 32.0 Å². The lowest BCUT2D eigenvalue weighted by atomic mass is 9.99. The summed E-state index contributed by atoms with van der Waals surface area (Å²) < 4.78 is 13.4. The molecule has 1 saturated heterocycles. The van der Waals surface area contributed by atoms with Crippen LogP contribution in [0, 0.1) is 5.92 Å². The lowest BCUT2D eigenvalue weighted by molar-refractivity contribution is -0.136. The fourth-order valence-corrected chi connectivity index (χ4v) is 3.35. The molecule has 24 heavy (non-hydrogen) atoms. The third kappa shape index (κ3) is 4.55. The van der Waals surface area contributed by atoms with Crippen LogP contribution in [0.3, 0.4) is 0 Å². The Balaban J connectivity index is 1.62. The maximum atomic E-state index is 11.8. The molecule has 3 rings (SSSR count). The Hall–Kier alpha value is -1.44. The van der Waals surface area contributed by atoms with Gasteiger partial charge in [0.1, 0.15) is 6.61 Å². The van der Waals surface area contributed by atoms with Gasteiger partial charge in [0.15, 0.2) is 0 Å². The number of aromatic nitrogens is 2. The Morgan fingerprint density at radius 1 is 1.38 bits per heavy atom. The minimum atomic E-state index is -0.0186. The van der Waals surface area contributed by atoms with Crippen LogP contribution in [-0.4, -0.2) is 78.6 Å². The van der Waals surface area contributed by atoms with Crippen molar-refractivity contribution in [2.75, 3.05) is 47.0 Å². The SMILES string of the molecule is CN(C)C(=O)COC1CN(CC2CCOCC2)Cc2ccnn2C1. The van der Waals surface area contributed by atoms with Crippen LogP contribution in [0.15, 0.2) is 12.3 Å². The third-order valence-corrected chi connectivity index (χ3v) is 4.83. The Bertz CT molecular complexity index is 540. The molecular formula is C17H28N4O3. The van der Waals surface area contributed by atoms with Gasteiger partial charge in [-0.3, -0.25) is 14.4 Å². The predicted octanol–water partition coefficient (Wildman–Crippen LogP) is 0.599. The van der Waals surface area contributed by atoms with Gasteiger partial charge in [0.25, 0.3) is 0 Å². The fourth-order valence-electron chi connectivity index (χ4n) is 3.35. The summed E-state index contributed by atoms with van der Waals surface area (Å²) in [5, 5.41) is 4.41. The fraction of sp³-hybridized carbons (Fsp3) is 0.765. The van der Waals surface area contributed by atoms with Crippen molar-refractivity contribution in [3.8, 4) is 0 Å². The van der Waals surface area contributed by atoms with E-state index in [-0.39, 0.29) is 18.6 Å². The summed E-state index contributed by atoms with van der Waals surface area (Å²) in [5.41, 5.74) is 1.21. The van der Waals surface area contributed by atoms with Crippen molar-refractivity contribution in [2.24, 2.45) is 5.92 Å². The molecule has 0 bridgehead atoms. The second kappa shape index (κ2) is 8.09. The number of carbonyl (C=O) groups excluding carboxylic acids is 1. The summed E-state index contributed by atoms with van der Waals surface area (Å²) in [6, 6.07) is 2.07.